The van der Waals surface area contributed by atoms with Gasteiger partial charge in [-0.25, -0.2) is 4.39 Å². The van der Waals surface area contributed by atoms with Crippen LogP contribution in [-0.4, -0.2) is 43.8 Å². The Hall–Kier alpha value is -4.89. The summed E-state index contributed by atoms with van der Waals surface area (Å²) in [5, 5.41) is 4.80. The third-order valence-electron chi connectivity index (χ3n) is 7.53. The first-order valence-electron chi connectivity index (χ1n) is 13.8. The molecule has 42 heavy (non-hydrogen) atoms. The number of fused-ring (bicyclic) bond motifs is 3. The molecule has 5 aromatic rings. The SMILES string of the molecule is COc1ccccc1CCNC(=O)c1cn2c3c(c(N(C)CC(C)N)c(F)cc3c1=O)Oc1cc3ccccc3cc1-2. The maximum atomic E-state index is 15.8. The summed E-state index contributed by atoms with van der Waals surface area (Å²) >= 11 is 0. The Labute approximate surface area is 242 Å². The molecule has 1 unspecified atom stereocenters. The molecule has 1 aliphatic rings. The van der Waals surface area contributed by atoms with E-state index >= 15 is 4.39 Å². The third-order valence-corrected chi connectivity index (χ3v) is 7.53. The molecule has 0 radical (unpaired) electrons. The molecule has 0 bridgehead atoms. The third kappa shape index (κ3) is 4.71. The summed E-state index contributed by atoms with van der Waals surface area (Å²) in [6.07, 6.45) is 2.03. The number of nitrogens with zero attached hydrogens (tertiary/aromatic N) is 2. The van der Waals surface area contributed by atoms with Crippen molar-refractivity contribution in [3.63, 3.8) is 0 Å². The van der Waals surface area contributed by atoms with Gasteiger partial charge < -0.3 is 30.0 Å². The summed E-state index contributed by atoms with van der Waals surface area (Å²) in [5.74, 6) is 0.223. The van der Waals surface area contributed by atoms with Crippen LogP contribution in [0.2, 0.25) is 0 Å². The number of anilines is 1. The first kappa shape index (κ1) is 27.3. The molecule has 4 aromatic carbocycles. The highest BCUT2D eigenvalue weighted by Gasteiger charge is 2.30. The molecular formula is C33H31FN4O4. The van der Waals surface area contributed by atoms with E-state index in [1.165, 1.54) is 12.3 Å². The van der Waals surface area contributed by atoms with Crippen molar-refractivity contribution in [2.45, 2.75) is 19.4 Å². The number of nitrogens with one attached hydrogen (secondary N) is 1. The Bertz CT molecular complexity index is 1920. The Kier molecular flexibility index (Phi) is 7.04. The average Bonchev–Trinajstić information content (AvgIpc) is 2.97. The van der Waals surface area contributed by atoms with E-state index in [0.717, 1.165) is 22.1 Å². The van der Waals surface area contributed by atoms with Crippen LogP contribution < -0.4 is 30.9 Å². The highest BCUT2D eigenvalue weighted by atomic mass is 19.1. The van der Waals surface area contributed by atoms with Crippen LogP contribution in [-0.2, 0) is 6.42 Å². The first-order valence-corrected chi connectivity index (χ1v) is 13.8. The van der Waals surface area contributed by atoms with Gasteiger partial charge >= 0.3 is 0 Å². The Morgan fingerprint density at radius 3 is 2.57 bits per heavy atom. The summed E-state index contributed by atoms with van der Waals surface area (Å²) in [6.45, 7) is 2.47. The highest BCUT2D eigenvalue weighted by molar-refractivity contribution is 6.02. The Morgan fingerprint density at radius 1 is 1.12 bits per heavy atom. The standard InChI is InChI=1S/C33H31FN4O4/c1-19(35)17-37(2)30-25(34)16-23-29-32(30)42-28-15-22-10-5-4-9-21(22)14-26(28)38(29)18-24(31(23)39)33(40)36-13-12-20-8-6-7-11-27(20)41-3/h4-11,14-16,18-19H,12-13,17,35H2,1-3H3,(H,36,40). The second-order valence-corrected chi connectivity index (χ2v) is 10.6. The van der Waals surface area contributed by atoms with E-state index in [-0.39, 0.29) is 35.0 Å². The van der Waals surface area contributed by atoms with Gasteiger partial charge in [0, 0.05) is 32.4 Å². The van der Waals surface area contributed by atoms with Crippen molar-refractivity contribution in [1.82, 2.24) is 9.88 Å². The van der Waals surface area contributed by atoms with Crippen molar-refractivity contribution in [3.8, 4) is 22.9 Å². The molecule has 1 aromatic heterocycles. The quantitative estimate of drug-likeness (QED) is 0.264. The van der Waals surface area contributed by atoms with Crippen LogP contribution in [0.3, 0.4) is 0 Å². The maximum absolute atomic E-state index is 15.8. The number of rotatable bonds is 8. The van der Waals surface area contributed by atoms with E-state index in [2.05, 4.69) is 5.32 Å². The first-order chi connectivity index (χ1) is 20.3. The minimum atomic E-state index is -0.637. The molecule has 0 aliphatic carbocycles. The smallest absolute Gasteiger partial charge is 0.256 e. The second-order valence-electron chi connectivity index (χ2n) is 10.6. The van der Waals surface area contributed by atoms with E-state index in [4.69, 9.17) is 15.2 Å². The van der Waals surface area contributed by atoms with Crippen LogP contribution in [0.25, 0.3) is 27.4 Å². The maximum Gasteiger partial charge on any atom is 0.256 e. The fourth-order valence-electron chi connectivity index (χ4n) is 5.65. The lowest BCUT2D eigenvalue weighted by molar-refractivity contribution is 0.0952. The lowest BCUT2D eigenvalue weighted by atomic mass is 10.0. The van der Waals surface area contributed by atoms with Gasteiger partial charge in [-0.3, -0.25) is 9.59 Å². The van der Waals surface area contributed by atoms with Crippen LogP contribution in [0.4, 0.5) is 10.1 Å². The van der Waals surface area contributed by atoms with Crippen molar-refractivity contribution in [3.05, 3.63) is 100 Å². The fraction of sp³-hybridized carbons (Fsp3) is 0.212. The molecule has 6 rings (SSSR count). The number of ether oxygens (including phenoxy) is 2. The zero-order valence-corrected chi connectivity index (χ0v) is 23.6. The average molecular weight is 567 g/mol. The van der Waals surface area contributed by atoms with E-state index in [1.807, 2.05) is 67.6 Å². The molecule has 1 aliphatic heterocycles. The lowest BCUT2D eigenvalue weighted by Gasteiger charge is -2.30. The van der Waals surface area contributed by atoms with Crippen molar-refractivity contribution < 1.29 is 18.7 Å². The molecule has 214 valence electrons. The monoisotopic (exact) mass is 566 g/mol. The zero-order chi connectivity index (χ0) is 29.5. The molecule has 3 N–H and O–H groups in total. The number of para-hydroxylation sites is 1. The second kappa shape index (κ2) is 10.8. The van der Waals surface area contributed by atoms with Gasteiger partial charge in [-0.1, -0.05) is 42.5 Å². The molecular weight excluding hydrogens is 535 g/mol. The summed E-state index contributed by atoms with van der Waals surface area (Å²) in [6, 6.07) is 20.1. The van der Waals surface area contributed by atoms with Crippen LogP contribution in [0, 0.1) is 5.82 Å². The molecule has 8 nitrogen and oxygen atoms in total. The number of methoxy groups -OCH3 is 1. The summed E-state index contributed by atoms with van der Waals surface area (Å²) in [7, 11) is 3.33. The van der Waals surface area contributed by atoms with Gasteiger partial charge in [0.1, 0.15) is 22.5 Å². The number of hydrogen-bond acceptors (Lipinski definition) is 6. The van der Waals surface area contributed by atoms with Gasteiger partial charge in [0.15, 0.2) is 17.3 Å². The molecule has 0 saturated heterocycles. The summed E-state index contributed by atoms with van der Waals surface area (Å²) in [5.41, 5.74) is 7.51. The summed E-state index contributed by atoms with van der Waals surface area (Å²) in [4.78, 5) is 28.8. The molecule has 1 amide bonds. The van der Waals surface area contributed by atoms with E-state index < -0.39 is 17.2 Å². The number of hydrogen-bond donors (Lipinski definition) is 2. The van der Waals surface area contributed by atoms with Crippen molar-refractivity contribution in [2.24, 2.45) is 5.73 Å². The van der Waals surface area contributed by atoms with Gasteiger partial charge in [0.05, 0.1) is 18.2 Å². The van der Waals surface area contributed by atoms with Crippen molar-refractivity contribution >= 4 is 33.3 Å². The lowest BCUT2D eigenvalue weighted by Crippen LogP contribution is -2.34. The molecule has 1 atom stereocenters. The molecule has 2 heterocycles. The predicted octanol–water partition coefficient (Wildman–Crippen LogP) is 5.15. The van der Waals surface area contributed by atoms with Crippen LogP contribution in [0.15, 0.2) is 77.7 Å². The van der Waals surface area contributed by atoms with E-state index in [0.29, 0.717) is 29.9 Å². The molecule has 9 heteroatoms. The molecule has 0 fully saturated rings. The number of amides is 1. The number of halogens is 1. The zero-order valence-electron chi connectivity index (χ0n) is 23.6. The van der Waals surface area contributed by atoms with Crippen LogP contribution >= 0.6 is 0 Å². The Balaban J connectivity index is 1.49. The number of carbonyl (C=O) groups excluding carboxylic acids is 1. The number of aromatic nitrogens is 1. The number of pyridine rings is 1. The number of benzene rings is 4. The molecule has 0 saturated carbocycles. The number of likely N-dealkylation sites (N-methyl/N-ethyl adjacent to an activating group) is 1. The number of nitrogens with two attached hydrogens (primary N) is 1. The Morgan fingerprint density at radius 2 is 1.83 bits per heavy atom. The van der Waals surface area contributed by atoms with E-state index in [1.54, 1.807) is 23.6 Å². The van der Waals surface area contributed by atoms with Crippen LogP contribution in [0.5, 0.6) is 17.2 Å². The van der Waals surface area contributed by atoms with Gasteiger partial charge in [-0.2, -0.15) is 0 Å². The van der Waals surface area contributed by atoms with Gasteiger partial charge in [-0.15, -0.1) is 0 Å². The van der Waals surface area contributed by atoms with Gasteiger partial charge in [0.25, 0.3) is 5.91 Å². The minimum absolute atomic E-state index is 0.0524. The van der Waals surface area contributed by atoms with Crippen molar-refractivity contribution in [1.29, 1.82) is 0 Å². The number of carbonyl (C=O) groups is 1. The summed E-state index contributed by atoms with van der Waals surface area (Å²) < 4.78 is 29.3. The molecule has 0 spiro atoms. The normalized spacial score (nSPS) is 12.5. The topological polar surface area (TPSA) is 98.8 Å². The van der Waals surface area contributed by atoms with Crippen LogP contribution in [0.1, 0.15) is 22.8 Å². The fourth-order valence-corrected chi connectivity index (χ4v) is 5.65. The largest absolute Gasteiger partial charge is 0.496 e. The van der Waals surface area contributed by atoms with E-state index in [9.17, 15) is 9.59 Å². The van der Waals surface area contributed by atoms with Gasteiger partial charge in [0.2, 0.25) is 5.43 Å². The van der Waals surface area contributed by atoms with Gasteiger partial charge in [-0.05, 0) is 53.9 Å². The minimum Gasteiger partial charge on any atom is -0.496 e. The predicted molar refractivity (Wildman–Crippen MR) is 163 cm³/mol. The highest BCUT2D eigenvalue weighted by Crippen LogP contribution is 2.47. The van der Waals surface area contributed by atoms with Crippen molar-refractivity contribution in [2.75, 3.05) is 32.1 Å².